The van der Waals surface area contributed by atoms with Gasteiger partial charge in [0.1, 0.15) is 0 Å². The third-order valence-electron chi connectivity index (χ3n) is 13.5. The van der Waals surface area contributed by atoms with Gasteiger partial charge in [-0.15, -0.1) is 0 Å². The van der Waals surface area contributed by atoms with Crippen LogP contribution in [0.1, 0.15) is 0 Å². The second-order valence-corrected chi connectivity index (χ2v) is 25.1. The molecule has 1 aromatic heterocycles. The number of hydrogen-bond donors (Lipinski definition) is 1. The van der Waals surface area contributed by atoms with Gasteiger partial charge in [0.05, 0.1) is 11.4 Å². The Morgan fingerprint density at radius 2 is 0.536 bits per heavy atom. The molecule has 0 saturated heterocycles. The van der Waals surface area contributed by atoms with Crippen molar-refractivity contribution in [2.45, 2.75) is 0 Å². The largest absolute Gasteiger partial charge is 0.355 e. The van der Waals surface area contributed by atoms with Gasteiger partial charge in [-0.3, -0.25) is 0 Å². The molecule has 10 aromatic carbocycles. The van der Waals surface area contributed by atoms with Crippen LogP contribution in [-0.4, -0.2) is 21.1 Å². The SMILES string of the molecule is c1ccc(-c2ccccc2Nc2cc(-c3cccc([Si](c4ccccc4)(c4ccccc4)c4ccccc4)c3)nc(-c3cccc([Si](c4ccccc4)(c4ccccc4)c4ccccc4)c3)c2)cc1. The maximum absolute atomic E-state index is 5.67. The Labute approximate surface area is 408 Å². The van der Waals surface area contributed by atoms with E-state index < -0.39 is 16.1 Å². The molecule has 69 heavy (non-hydrogen) atoms. The maximum Gasteiger partial charge on any atom is 0.179 e. The first-order chi connectivity index (χ1) is 34.2. The fourth-order valence-electron chi connectivity index (χ4n) is 10.5. The van der Waals surface area contributed by atoms with Crippen molar-refractivity contribution in [3.8, 4) is 33.6 Å². The van der Waals surface area contributed by atoms with Crippen molar-refractivity contribution < 1.29 is 0 Å². The summed E-state index contributed by atoms with van der Waals surface area (Å²) >= 11 is 0. The number of benzene rings is 10. The minimum absolute atomic E-state index is 0.897. The highest BCUT2D eigenvalue weighted by atomic mass is 28.3. The van der Waals surface area contributed by atoms with Crippen molar-refractivity contribution >= 4 is 69.0 Å². The lowest BCUT2D eigenvalue weighted by atomic mass is 10.0. The maximum atomic E-state index is 5.67. The van der Waals surface area contributed by atoms with Gasteiger partial charge in [-0.1, -0.05) is 279 Å². The van der Waals surface area contributed by atoms with E-state index in [1.54, 1.807) is 0 Å². The predicted octanol–water partition coefficient (Wildman–Crippen LogP) is 10.6. The summed E-state index contributed by atoms with van der Waals surface area (Å²) in [6.45, 7) is 0. The molecule has 1 heterocycles. The molecular formula is C65H50N2Si2. The van der Waals surface area contributed by atoms with E-state index in [1.165, 1.54) is 41.5 Å². The van der Waals surface area contributed by atoms with E-state index in [2.05, 4.69) is 303 Å². The predicted molar refractivity (Wildman–Crippen MR) is 298 cm³/mol. The summed E-state index contributed by atoms with van der Waals surface area (Å²) in [6, 6.07) is 109. The van der Waals surface area contributed by atoms with Gasteiger partial charge in [0.2, 0.25) is 0 Å². The molecule has 0 amide bonds. The Hall–Kier alpha value is -8.42. The van der Waals surface area contributed by atoms with Crippen LogP contribution in [-0.2, 0) is 0 Å². The molecular weight excluding hydrogens is 865 g/mol. The number of nitrogens with zero attached hydrogens (tertiary/aromatic N) is 1. The highest BCUT2D eigenvalue weighted by Crippen LogP contribution is 2.34. The van der Waals surface area contributed by atoms with Crippen molar-refractivity contribution in [2.75, 3.05) is 5.32 Å². The van der Waals surface area contributed by atoms with Gasteiger partial charge in [0.25, 0.3) is 0 Å². The second kappa shape index (κ2) is 19.4. The smallest absolute Gasteiger partial charge is 0.179 e. The Morgan fingerprint density at radius 1 is 0.246 bits per heavy atom. The van der Waals surface area contributed by atoms with Crippen molar-refractivity contribution in [3.05, 3.63) is 297 Å². The van der Waals surface area contributed by atoms with Crippen LogP contribution in [0.3, 0.4) is 0 Å². The normalized spacial score (nSPS) is 11.5. The quantitative estimate of drug-likeness (QED) is 0.0921. The van der Waals surface area contributed by atoms with Crippen LogP contribution < -0.4 is 46.8 Å². The van der Waals surface area contributed by atoms with Crippen LogP contribution >= 0.6 is 0 Å². The summed E-state index contributed by atoms with van der Waals surface area (Å²) in [6.07, 6.45) is 0. The van der Waals surface area contributed by atoms with E-state index in [1.807, 2.05) is 0 Å². The number of para-hydroxylation sites is 1. The third-order valence-corrected chi connectivity index (χ3v) is 23.1. The van der Waals surface area contributed by atoms with E-state index in [4.69, 9.17) is 4.98 Å². The number of nitrogens with one attached hydrogen (secondary N) is 1. The van der Waals surface area contributed by atoms with Gasteiger partial charge in [-0.2, -0.15) is 0 Å². The van der Waals surface area contributed by atoms with E-state index in [0.717, 1.165) is 45.0 Å². The van der Waals surface area contributed by atoms with Crippen molar-refractivity contribution in [3.63, 3.8) is 0 Å². The summed E-state index contributed by atoms with van der Waals surface area (Å²) < 4.78 is 0. The van der Waals surface area contributed by atoms with Crippen molar-refractivity contribution in [1.82, 2.24) is 4.98 Å². The van der Waals surface area contributed by atoms with Crippen LogP contribution in [0.2, 0.25) is 0 Å². The summed E-state index contributed by atoms with van der Waals surface area (Å²) in [5, 5.41) is 14.5. The second-order valence-electron chi connectivity index (χ2n) is 17.5. The average molecular weight is 915 g/mol. The molecule has 0 bridgehead atoms. The molecule has 328 valence electrons. The van der Waals surface area contributed by atoms with Gasteiger partial charge in [-0.05, 0) is 65.3 Å². The van der Waals surface area contributed by atoms with Crippen LogP contribution in [0.15, 0.2) is 297 Å². The molecule has 4 heteroatoms. The highest BCUT2D eigenvalue weighted by Gasteiger charge is 2.43. The van der Waals surface area contributed by atoms with Gasteiger partial charge < -0.3 is 5.32 Å². The van der Waals surface area contributed by atoms with E-state index in [0.29, 0.717) is 0 Å². The number of pyridine rings is 1. The van der Waals surface area contributed by atoms with Crippen LogP contribution in [0.5, 0.6) is 0 Å². The minimum Gasteiger partial charge on any atom is -0.355 e. The summed E-state index contributed by atoms with van der Waals surface area (Å²) in [4.78, 5) is 5.67. The Kier molecular flexibility index (Phi) is 12.2. The molecule has 2 nitrogen and oxygen atoms in total. The average Bonchev–Trinajstić information content (AvgIpc) is 3.44. The highest BCUT2D eigenvalue weighted by molar-refractivity contribution is 7.20. The van der Waals surface area contributed by atoms with Gasteiger partial charge >= 0.3 is 0 Å². The molecule has 0 fully saturated rings. The zero-order valence-corrected chi connectivity index (χ0v) is 40.2. The zero-order chi connectivity index (χ0) is 46.3. The Bertz CT molecular complexity index is 3060. The fourth-order valence-corrected chi connectivity index (χ4v) is 20.1. The third kappa shape index (κ3) is 8.27. The Balaban J connectivity index is 1.13. The fraction of sp³-hybridized carbons (Fsp3) is 0. The number of anilines is 2. The summed E-state index contributed by atoms with van der Waals surface area (Å²) in [5.74, 6) is 0. The van der Waals surface area contributed by atoms with Gasteiger partial charge in [-0.25, -0.2) is 4.98 Å². The molecule has 1 N–H and O–H groups in total. The topological polar surface area (TPSA) is 24.9 Å². The molecule has 11 aromatic rings. The van der Waals surface area contributed by atoms with Crippen LogP contribution in [0.4, 0.5) is 11.4 Å². The summed E-state index contributed by atoms with van der Waals surface area (Å²) in [5.41, 5.74) is 8.20. The van der Waals surface area contributed by atoms with Crippen LogP contribution in [0, 0.1) is 0 Å². The molecule has 0 saturated carbocycles. The first kappa shape index (κ1) is 43.2. The number of aromatic nitrogens is 1. The van der Waals surface area contributed by atoms with Gasteiger partial charge in [0.15, 0.2) is 16.1 Å². The van der Waals surface area contributed by atoms with E-state index in [9.17, 15) is 0 Å². The summed E-state index contributed by atoms with van der Waals surface area (Å²) in [7, 11) is -5.65. The monoisotopic (exact) mass is 914 g/mol. The van der Waals surface area contributed by atoms with Crippen molar-refractivity contribution in [1.29, 1.82) is 0 Å². The Morgan fingerprint density at radius 3 is 0.899 bits per heavy atom. The van der Waals surface area contributed by atoms with Crippen molar-refractivity contribution in [2.24, 2.45) is 0 Å². The van der Waals surface area contributed by atoms with Gasteiger partial charge in [0, 0.05) is 28.1 Å². The molecule has 0 aliphatic heterocycles. The first-order valence-corrected chi connectivity index (χ1v) is 27.7. The molecule has 0 unspecified atom stereocenters. The number of rotatable bonds is 13. The lowest BCUT2D eigenvalue weighted by molar-refractivity contribution is 1.32. The van der Waals surface area contributed by atoms with E-state index >= 15 is 0 Å². The van der Waals surface area contributed by atoms with E-state index in [-0.39, 0.29) is 0 Å². The standard InChI is InChI=1S/C65H50N2Si2/c1-8-26-50(27-9-1)62-44-22-23-45-63(62)66-53-48-64(51-28-24-42-60(46-51)68(54-30-10-2-11-31-54,55-32-12-3-13-33-55)56-34-14-4-15-35-56)67-65(49-53)52-29-25-43-61(47-52)69(57-36-16-5-17-37-57,58-38-18-6-19-39-58)59-40-20-7-21-41-59/h1-49H,(H,66,67). The molecule has 0 radical (unpaired) electrons. The first-order valence-electron chi connectivity index (χ1n) is 23.7. The zero-order valence-electron chi connectivity index (χ0n) is 38.2. The molecule has 0 spiro atoms. The molecule has 0 atom stereocenters. The van der Waals surface area contributed by atoms with Crippen LogP contribution in [0.25, 0.3) is 33.6 Å². The minimum atomic E-state index is -2.83. The molecule has 11 rings (SSSR count). The molecule has 0 aliphatic rings. The lowest BCUT2D eigenvalue weighted by Gasteiger charge is -2.34. The number of hydrogen-bond acceptors (Lipinski definition) is 2. The lowest BCUT2D eigenvalue weighted by Crippen LogP contribution is -2.74. The molecule has 0 aliphatic carbocycles.